The van der Waals surface area contributed by atoms with Crippen molar-refractivity contribution in [3.63, 3.8) is 0 Å². The average molecular weight is 282 g/mol. The van der Waals surface area contributed by atoms with Crippen LogP contribution in [-0.2, 0) is 6.54 Å². The van der Waals surface area contributed by atoms with E-state index in [4.69, 9.17) is 11.6 Å². The van der Waals surface area contributed by atoms with Crippen molar-refractivity contribution in [1.82, 2.24) is 9.78 Å². The van der Waals surface area contributed by atoms with Crippen LogP contribution in [0.5, 0.6) is 0 Å². The van der Waals surface area contributed by atoms with Gasteiger partial charge in [0, 0.05) is 12.1 Å². The van der Waals surface area contributed by atoms with E-state index in [9.17, 15) is 4.79 Å². The van der Waals surface area contributed by atoms with Crippen molar-refractivity contribution in [3.05, 3.63) is 21.6 Å². The second-order valence-corrected chi connectivity index (χ2v) is 6.60. The molecule has 0 saturated heterocycles. The molecule has 2 fully saturated rings. The fraction of sp³-hybridized carbons (Fsp3) is 0.714. The third kappa shape index (κ3) is 2.78. The molecule has 0 unspecified atom stereocenters. The zero-order valence-electron chi connectivity index (χ0n) is 11.3. The van der Waals surface area contributed by atoms with E-state index in [-0.39, 0.29) is 11.1 Å². The van der Waals surface area contributed by atoms with Gasteiger partial charge >= 0.3 is 0 Å². The number of nitrogens with one attached hydrogen (secondary N) is 1. The molecule has 3 rings (SSSR count). The van der Waals surface area contributed by atoms with Crippen molar-refractivity contribution in [2.75, 3.05) is 5.32 Å². The minimum Gasteiger partial charge on any atom is -0.374 e. The molecule has 1 aromatic heterocycles. The van der Waals surface area contributed by atoms with Crippen LogP contribution in [-0.4, -0.2) is 15.3 Å². The number of rotatable bonds is 4. The molecule has 5 heteroatoms. The molecule has 0 aliphatic heterocycles. The highest BCUT2D eigenvalue weighted by atomic mass is 35.5. The summed E-state index contributed by atoms with van der Waals surface area (Å²) in [6.07, 6.45) is 8.60. The lowest BCUT2D eigenvalue weighted by molar-refractivity contribution is 0.516. The monoisotopic (exact) mass is 281 g/mol. The summed E-state index contributed by atoms with van der Waals surface area (Å²) in [6, 6.07) is 0. The summed E-state index contributed by atoms with van der Waals surface area (Å²) in [5, 5.41) is 7.97. The molecule has 19 heavy (non-hydrogen) atoms. The number of aromatic nitrogens is 2. The maximum atomic E-state index is 12.4. The highest BCUT2D eigenvalue weighted by Crippen LogP contribution is 2.34. The maximum absolute atomic E-state index is 12.4. The molecule has 0 amide bonds. The number of hydrogen-bond donors (Lipinski definition) is 1. The molecule has 2 aliphatic carbocycles. The van der Waals surface area contributed by atoms with Crippen LogP contribution in [0.25, 0.3) is 0 Å². The normalized spacial score (nSPS) is 21.6. The zero-order valence-corrected chi connectivity index (χ0v) is 12.0. The van der Waals surface area contributed by atoms with E-state index in [2.05, 4.69) is 17.3 Å². The standard InChI is InChI=1S/C14H20ClN3O/c1-14(6-2-3-7-14)17-12-11(15)8-16-18(13(12)19)9-10-4-5-10/h8,10,17H,2-7,9H2,1H3. The lowest BCUT2D eigenvalue weighted by Gasteiger charge is -2.26. The Kier molecular flexibility index (Phi) is 3.29. The molecule has 104 valence electrons. The number of nitrogens with zero attached hydrogens (tertiary/aromatic N) is 2. The molecule has 4 nitrogen and oxygen atoms in total. The van der Waals surface area contributed by atoms with E-state index in [1.807, 2.05) is 0 Å². The van der Waals surface area contributed by atoms with E-state index in [0.717, 1.165) is 19.4 Å². The van der Waals surface area contributed by atoms with E-state index < -0.39 is 0 Å². The van der Waals surface area contributed by atoms with Crippen molar-refractivity contribution in [3.8, 4) is 0 Å². The van der Waals surface area contributed by atoms with Gasteiger partial charge in [0.05, 0.1) is 11.2 Å². The second-order valence-electron chi connectivity index (χ2n) is 6.19. The molecular formula is C14H20ClN3O. The van der Waals surface area contributed by atoms with Gasteiger partial charge in [-0.1, -0.05) is 24.4 Å². The summed E-state index contributed by atoms with van der Waals surface area (Å²) < 4.78 is 1.56. The minimum atomic E-state index is -0.0764. The predicted molar refractivity (Wildman–Crippen MR) is 76.7 cm³/mol. The van der Waals surface area contributed by atoms with Gasteiger partial charge in [0.15, 0.2) is 0 Å². The van der Waals surface area contributed by atoms with Crippen molar-refractivity contribution in [1.29, 1.82) is 0 Å². The Morgan fingerprint density at radius 2 is 2.16 bits per heavy atom. The first-order chi connectivity index (χ1) is 9.07. The van der Waals surface area contributed by atoms with Crippen LogP contribution in [0.2, 0.25) is 5.02 Å². The maximum Gasteiger partial charge on any atom is 0.291 e. The Bertz CT molecular complexity index is 530. The molecule has 0 radical (unpaired) electrons. The Balaban J connectivity index is 1.88. The van der Waals surface area contributed by atoms with Gasteiger partial charge in [-0.3, -0.25) is 4.79 Å². The Morgan fingerprint density at radius 3 is 2.79 bits per heavy atom. The van der Waals surface area contributed by atoms with Gasteiger partial charge in [0.25, 0.3) is 5.56 Å². The van der Waals surface area contributed by atoms with E-state index in [0.29, 0.717) is 16.6 Å². The summed E-state index contributed by atoms with van der Waals surface area (Å²) in [7, 11) is 0. The third-order valence-corrected chi connectivity index (χ3v) is 4.55. The molecule has 1 aromatic rings. The van der Waals surface area contributed by atoms with Crippen molar-refractivity contribution in [2.24, 2.45) is 5.92 Å². The Morgan fingerprint density at radius 1 is 1.47 bits per heavy atom. The third-order valence-electron chi connectivity index (χ3n) is 4.26. The van der Waals surface area contributed by atoms with Crippen LogP contribution in [0, 0.1) is 5.92 Å². The van der Waals surface area contributed by atoms with Gasteiger partial charge in [0.2, 0.25) is 0 Å². The van der Waals surface area contributed by atoms with Crippen molar-refractivity contribution >= 4 is 17.3 Å². The second kappa shape index (κ2) is 4.82. The van der Waals surface area contributed by atoms with Gasteiger partial charge < -0.3 is 5.32 Å². The highest BCUT2D eigenvalue weighted by molar-refractivity contribution is 6.33. The summed E-state index contributed by atoms with van der Waals surface area (Å²) in [5.41, 5.74) is 0.455. The van der Waals surface area contributed by atoms with Crippen LogP contribution in [0.3, 0.4) is 0 Å². The average Bonchev–Trinajstić information content (AvgIpc) is 3.10. The van der Waals surface area contributed by atoms with Gasteiger partial charge in [-0.2, -0.15) is 5.10 Å². The largest absolute Gasteiger partial charge is 0.374 e. The molecule has 0 spiro atoms. The first-order valence-corrected chi connectivity index (χ1v) is 7.49. The first-order valence-electron chi connectivity index (χ1n) is 7.11. The topological polar surface area (TPSA) is 46.9 Å². The summed E-state index contributed by atoms with van der Waals surface area (Å²) in [5.74, 6) is 0.626. The minimum absolute atomic E-state index is 0.00155. The molecule has 0 bridgehead atoms. The predicted octanol–water partition coefficient (Wildman–Crippen LogP) is 3.05. The van der Waals surface area contributed by atoms with Gasteiger partial charge in [-0.25, -0.2) is 4.68 Å². The Labute approximate surface area is 118 Å². The van der Waals surface area contributed by atoms with E-state index in [1.54, 1.807) is 10.9 Å². The van der Waals surface area contributed by atoms with Gasteiger partial charge in [-0.05, 0) is 38.5 Å². The molecular weight excluding hydrogens is 262 g/mol. The fourth-order valence-corrected chi connectivity index (χ4v) is 3.01. The Hall–Kier alpha value is -1.03. The van der Waals surface area contributed by atoms with E-state index >= 15 is 0 Å². The molecule has 1 heterocycles. The van der Waals surface area contributed by atoms with Crippen LogP contribution < -0.4 is 10.9 Å². The lowest BCUT2D eigenvalue weighted by atomic mass is 10.0. The van der Waals surface area contributed by atoms with Gasteiger partial charge in [0.1, 0.15) is 5.69 Å². The van der Waals surface area contributed by atoms with Crippen molar-refractivity contribution < 1.29 is 0 Å². The van der Waals surface area contributed by atoms with E-state index in [1.165, 1.54) is 25.7 Å². The molecule has 0 aromatic carbocycles. The highest BCUT2D eigenvalue weighted by Gasteiger charge is 2.30. The zero-order chi connectivity index (χ0) is 13.5. The van der Waals surface area contributed by atoms with Crippen LogP contribution in [0.4, 0.5) is 5.69 Å². The van der Waals surface area contributed by atoms with Crippen LogP contribution in [0.1, 0.15) is 45.4 Å². The van der Waals surface area contributed by atoms with Crippen LogP contribution >= 0.6 is 11.6 Å². The SMILES string of the molecule is CC1(Nc2c(Cl)cnn(CC3CC3)c2=O)CCCC1. The summed E-state index contributed by atoms with van der Waals surface area (Å²) >= 11 is 6.16. The van der Waals surface area contributed by atoms with Crippen molar-refractivity contribution in [2.45, 2.75) is 57.5 Å². The molecule has 0 atom stereocenters. The fourth-order valence-electron chi connectivity index (χ4n) is 2.84. The molecule has 2 saturated carbocycles. The lowest BCUT2D eigenvalue weighted by Crippen LogP contribution is -2.36. The number of hydrogen-bond acceptors (Lipinski definition) is 3. The summed E-state index contributed by atoms with van der Waals surface area (Å²) in [4.78, 5) is 12.4. The number of halogens is 1. The quantitative estimate of drug-likeness (QED) is 0.923. The van der Waals surface area contributed by atoms with Gasteiger partial charge in [-0.15, -0.1) is 0 Å². The first kappa shape index (κ1) is 13.0. The smallest absolute Gasteiger partial charge is 0.291 e. The molecule has 1 N–H and O–H groups in total. The number of anilines is 1. The van der Waals surface area contributed by atoms with Crippen LogP contribution in [0.15, 0.2) is 11.0 Å². The summed E-state index contributed by atoms with van der Waals surface area (Å²) in [6.45, 7) is 2.89. The molecule has 2 aliphatic rings.